The minimum atomic E-state index is 0.0980. The molecule has 0 saturated carbocycles. The van der Waals surface area contributed by atoms with Crippen molar-refractivity contribution in [2.45, 2.75) is 33.3 Å². The van der Waals surface area contributed by atoms with Crippen LogP contribution in [0.5, 0.6) is 0 Å². The van der Waals surface area contributed by atoms with Crippen LogP contribution in [0.1, 0.15) is 30.0 Å². The van der Waals surface area contributed by atoms with E-state index in [1.807, 2.05) is 26.0 Å². The topological polar surface area (TPSA) is 37.3 Å². The Morgan fingerprint density at radius 2 is 2.14 bits per heavy atom. The SMILES string of the molecule is CCC(=O)C(C)Cc1ccc(CO)s1. The van der Waals surface area contributed by atoms with Crippen LogP contribution in [-0.4, -0.2) is 10.9 Å². The van der Waals surface area contributed by atoms with Gasteiger partial charge in [-0.25, -0.2) is 0 Å². The molecule has 0 aliphatic heterocycles. The summed E-state index contributed by atoms with van der Waals surface area (Å²) in [6.45, 7) is 3.96. The molecule has 0 amide bonds. The van der Waals surface area contributed by atoms with Crippen molar-refractivity contribution in [3.8, 4) is 0 Å². The normalized spacial score (nSPS) is 12.8. The summed E-state index contributed by atoms with van der Waals surface area (Å²) in [6.07, 6.45) is 1.41. The molecule has 0 aliphatic rings. The van der Waals surface area contributed by atoms with Gasteiger partial charge in [-0.1, -0.05) is 13.8 Å². The fourth-order valence-electron chi connectivity index (χ4n) is 1.38. The summed E-state index contributed by atoms with van der Waals surface area (Å²) in [5.41, 5.74) is 0. The molecule has 0 bridgehead atoms. The quantitative estimate of drug-likeness (QED) is 0.813. The average Bonchev–Trinajstić information content (AvgIpc) is 2.64. The van der Waals surface area contributed by atoms with Crippen molar-refractivity contribution in [1.29, 1.82) is 0 Å². The van der Waals surface area contributed by atoms with Crippen LogP contribution in [0.3, 0.4) is 0 Å². The Morgan fingerprint density at radius 1 is 1.50 bits per heavy atom. The highest BCUT2D eigenvalue weighted by Gasteiger charge is 2.12. The highest BCUT2D eigenvalue weighted by molar-refractivity contribution is 7.11. The first-order valence-electron chi connectivity index (χ1n) is 4.88. The molecular weight excluding hydrogens is 196 g/mol. The Balaban J connectivity index is 2.55. The Kier molecular flexibility index (Phi) is 4.29. The van der Waals surface area contributed by atoms with Crippen molar-refractivity contribution in [2.75, 3.05) is 0 Å². The van der Waals surface area contributed by atoms with Gasteiger partial charge in [-0.15, -0.1) is 11.3 Å². The van der Waals surface area contributed by atoms with Gasteiger partial charge < -0.3 is 5.11 Å². The lowest BCUT2D eigenvalue weighted by molar-refractivity contribution is -0.122. The lowest BCUT2D eigenvalue weighted by Gasteiger charge is -2.06. The van der Waals surface area contributed by atoms with E-state index in [9.17, 15) is 4.79 Å². The van der Waals surface area contributed by atoms with E-state index in [2.05, 4.69) is 0 Å². The average molecular weight is 212 g/mol. The summed E-state index contributed by atoms with van der Waals surface area (Å²) in [7, 11) is 0. The molecular formula is C11H16O2S. The van der Waals surface area contributed by atoms with Gasteiger partial charge in [-0.3, -0.25) is 4.79 Å². The molecule has 14 heavy (non-hydrogen) atoms. The van der Waals surface area contributed by atoms with Gasteiger partial charge >= 0.3 is 0 Å². The summed E-state index contributed by atoms with van der Waals surface area (Å²) < 4.78 is 0. The van der Waals surface area contributed by atoms with Gasteiger partial charge in [0.05, 0.1) is 6.61 Å². The Labute approximate surface area is 88.6 Å². The smallest absolute Gasteiger partial charge is 0.135 e. The monoisotopic (exact) mass is 212 g/mol. The summed E-state index contributed by atoms with van der Waals surface area (Å²) in [4.78, 5) is 13.5. The lowest BCUT2D eigenvalue weighted by Crippen LogP contribution is -2.11. The molecule has 0 fully saturated rings. The predicted molar refractivity (Wildman–Crippen MR) is 58.4 cm³/mol. The molecule has 2 nitrogen and oxygen atoms in total. The molecule has 1 aromatic heterocycles. The number of aliphatic hydroxyl groups is 1. The maximum atomic E-state index is 11.3. The van der Waals surface area contributed by atoms with E-state index in [-0.39, 0.29) is 12.5 Å². The minimum Gasteiger partial charge on any atom is -0.391 e. The third-order valence-corrected chi connectivity index (χ3v) is 3.37. The summed E-state index contributed by atoms with van der Waals surface area (Å²) in [6, 6.07) is 3.92. The van der Waals surface area contributed by atoms with Crippen molar-refractivity contribution in [2.24, 2.45) is 5.92 Å². The number of ketones is 1. The minimum absolute atomic E-state index is 0.0980. The number of thiophene rings is 1. The second-order valence-corrected chi connectivity index (χ2v) is 4.70. The Morgan fingerprint density at radius 3 is 2.64 bits per heavy atom. The molecule has 0 saturated heterocycles. The molecule has 1 unspecified atom stereocenters. The van der Waals surface area contributed by atoms with E-state index in [4.69, 9.17) is 5.11 Å². The van der Waals surface area contributed by atoms with Gasteiger partial charge in [-0.05, 0) is 18.6 Å². The van der Waals surface area contributed by atoms with Gasteiger partial charge in [0.2, 0.25) is 0 Å². The van der Waals surface area contributed by atoms with Crippen LogP contribution < -0.4 is 0 Å². The van der Waals surface area contributed by atoms with E-state index in [1.165, 1.54) is 4.88 Å². The third kappa shape index (κ3) is 2.93. The maximum absolute atomic E-state index is 11.3. The molecule has 0 spiro atoms. The summed E-state index contributed by atoms with van der Waals surface area (Å²) >= 11 is 1.59. The van der Waals surface area contributed by atoms with Crippen molar-refractivity contribution in [3.05, 3.63) is 21.9 Å². The molecule has 3 heteroatoms. The van der Waals surface area contributed by atoms with Gasteiger partial charge in [0.25, 0.3) is 0 Å². The van der Waals surface area contributed by atoms with Crippen LogP contribution in [0.25, 0.3) is 0 Å². The van der Waals surface area contributed by atoms with Crippen molar-refractivity contribution in [3.63, 3.8) is 0 Å². The Bertz CT molecular complexity index is 304. The van der Waals surface area contributed by atoms with Crippen LogP contribution in [-0.2, 0) is 17.8 Å². The van der Waals surface area contributed by atoms with E-state index >= 15 is 0 Å². The second kappa shape index (κ2) is 5.27. The Hall–Kier alpha value is -0.670. The number of hydrogen-bond donors (Lipinski definition) is 1. The zero-order valence-electron chi connectivity index (χ0n) is 8.62. The number of rotatable bonds is 5. The van der Waals surface area contributed by atoms with Crippen LogP contribution in [0.15, 0.2) is 12.1 Å². The zero-order chi connectivity index (χ0) is 10.6. The number of carbonyl (C=O) groups is 1. The zero-order valence-corrected chi connectivity index (χ0v) is 9.43. The molecule has 0 aromatic carbocycles. The molecule has 0 aliphatic carbocycles. The summed E-state index contributed by atoms with van der Waals surface area (Å²) in [5, 5.41) is 8.88. The van der Waals surface area contributed by atoms with Crippen molar-refractivity contribution >= 4 is 17.1 Å². The summed E-state index contributed by atoms with van der Waals surface area (Å²) in [5.74, 6) is 0.411. The largest absolute Gasteiger partial charge is 0.391 e. The highest BCUT2D eigenvalue weighted by Crippen LogP contribution is 2.20. The molecule has 78 valence electrons. The predicted octanol–water partition coefficient (Wildman–Crippen LogP) is 2.40. The van der Waals surface area contributed by atoms with Crippen molar-refractivity contribution < 1.29 is 9.90 Å². The third-order valence-electron chi connectivity index (χ3n) is 2.28. The van der Waals surface area contributed by atoms with Crippen LogP contribution in [0, 0.1) is 5.92 Å². The fourth-order valence-corrected chi connectivity index (χ4v) is 2.39. The van der Waals surface area contributed by atoms with Crippen LogP contribution in [0.4, 0.5) is 0 Å². The number of Topliss-reactive ketones (excluding diaryl/α,β-unsaturated/α-hetero) is 1. The molecule has 0 radical (unpaired) electrons. The highest BCUT2D eigenvalue weighted by atomic mass is 32.1. The number of carbonyl (C=O) groups excluding carboxylic acids is 1. The first-order chi connectivity index (χ1) is 6.67. The molecule has 1 atom stereocenters. The van der Waals surface area contributed by atoms with Crippen LogP contribution >= 0.6 is 11.3 Å². The maximum Gasteiger partial charge on any atom is 0.135 e. The molecule has 1 rings (SSSR count). The van der Waals surface area contributed by atoms with Gasteiger partial charge in [0.15, 0.2) is 0 Å². The number of aliphatic hydroxyl groups excluding tert-OH is 1. The van der Waals surface area contributed by atoms with E-state index in [0.717, 1.165) is 11.3 Å². The van der Waals surface area contributed by atoms with E-state index < -0.39 is 0 Å². The lowest BCUT2D eigenvalue weighted by atomic mass is 10.00. The van der Waals surface area contributed by atoms with Gasteiger partial charge in [0.1, 0.15) is 5.78 Å². The first-order valence-corrected chi connectivity index (χ1v) is 5.70. The second-order valence-electron chi connectivity index (χ2n) is 3.45. The van der Waals surface area contributed by atoms with E-state index in [1.54, 1.807) is 11.3 Å². The standard InChI is InChI=1S/C11H16O2S/c1-3-11(13)8(2)6-9-4-5-10(7-12)14-9/h4-5,8,12H,3,6-7H2,1-2H3. The first kappa shape index (κ1) is 11.4. The van der Waals surface area contributed by atoms with Crippen LogP contribution in [0.2, 0.25) is 0 Å². The molecule has 1 N–H and O–H groups in total. The van der Waals surface area contributed by atoms with Gasteiger partial charge in [-0.2, -0.15) is 0 Å². The van der Waals surface area contributed by atoms with Crippen molar-refractivity contribution in [1.82, 2.24) is 0 Å². The van der Waals surface area contributed by atoms with Gasteiger partial charge in [0, 0.05) is 22.1 Å². The molecule has 1 heterocycles. The fraction of sp³-hybridized carbons (Fsp3) is 0.545. The van der Waals surface area contributed by atoms with E-state index in [0.29, 0.717) is 12.2 Å². The number of hydrogen-bond acceptors (Lipinski definition) is 3. The molecule has 1 aromatic rings.